The Hall–Kier alpha value is -2.67. The topological polar surface area (TPSA) is 58.5 Å². The maximum atomic E-state index is 13.6. The smallest absolute Gasteiger partial charge is 0.137 e. The van der Waals surface area contributed by atoms with E-state index in [4.69, 9.17) is 4.74 Å². The first-order chi connectivity index (χ1) is 13.6. The van der Waals surface area contributed by atoms with Gasteiger partial charge in [-0.25, -0.2) is 4.39 Å². The molecule has 0 radical (unpaired) electrons. The van der Waals surface area contributed by atoms with Crippen molar-refractivity contribution in [3.63, 3.8) is 0 Å². The summed E-state index contributed by atoms with van der Waals surface area (Å²) in [6.45, 7) is 1.34. The molecule has 1 aliphatic heterocycles. The molecule has 0 bridgehead atoms. The highest BCUT2D eigenvalue weighted by Gasteiger charge is 2.48. The van der Waals surface area contributed by atoms with E-state index in [0.717, 1.165) is 5.56 Å². The van der Waals surface area contributed by atoms with Crippen molar-refractivity contribution in [2.75, 3.05) is 20.2 Å². The van der Waals surface area contributed by atoms with Crippen molar-refractivity contribution in [2.24, 2.45) is 0 Å². The molecular weight excluding hydrogens is 357 g/mol. The molecule has 1 N–H and O–H groups in total. The summed E-state index contributed by atoms with van der Waals surface area (Å²) in [5, 5.41) is 12.2. The summed E-state index contributed by atoms with van der Waals surface area (Å²) in [5.41, 5.74) is 0.696. The Morgan fingerprint density at radius 2 is 1.61 bits per heavy atom. The summed E-state index contributed by atoms with van der Waals surface area (Å²) in [4.78, 5) is 10.6. The van der Waals surface area contributed by atoms with Gasteiger partial charge in [-0.05, 0) is 29.8 Å². The van der Waals surface area contributed by atoms with Gasteiger partial charge in [0, 0.05) is 56.1 Å². The SMILES string of the molecule is COC1CN(C(c2ccc(F)cc2)C(O)(c2cccnc2)c2cccnc2)C1. The lowest BCUT2D eigenvalue weighted by Crippen LogP contribution is -2.58. The van der Waals surface area contributed by atoms with Crippen molar-refractivity contribution in [3.05, 3.63) is 95.8 Å². The number of ether oxygens (including phenoxy) is 1. The predicted octanol–water partition coefficient (Wildman–Crippen LogP) is 2.92. The molecule has 0 amide bonds. The van der Waals surface area contributed by atoms with Crippen LogP contribution >= 0.6 is 0 Å². The second-order valence-electron chi connectivity index (χ2n) is 7.02. The van der Waals surface area contributed by atoms with Crippen molar-refractivity contribution >= 4 is 0 Å². The fourth-order valence-corrected chi connectivity index (χ4v) is 3.85. The first-order valence-corrected chi connectivity index (χ1v) is 9.18. The van der Waals surface area contributed by atoms with Crippen LogP contribution in [0.1, 0.15) is 22.7 Å². The van der Waals surface area contributed by atoms with Gasteiger partial charge in [-0.15, -0.1) is 0 Å². The second kappa shape index (κ2) is 7.75. The van der Waals surface area contributed by atoms with Gasteiger partial charge in [0.15, 0.2) is 0 Å². The van der Waals surface area contributed by atoms with Crippen molar-refractivity contribution in [1.29, 1.82) is 0 Å². The number of hydrogen-bond donors (Lipinski definition) is 1. The van der Waals surface area contributed by atoms with Crippen molar-refractivity contribution in [2.45, 2.75) is 17.7 Å². The second-order valence-corrected chi connectivity index (χ2v) is 7.02. The van der Waals surface area contributed by atoms with Gasteiger partial charge in [0.1, 0.15) is 11.4 Å². The molecule has 1 unspecified atom stereocenters. The number of aliphatic hydroxyl groups is 1. The van der Waals surface area contributed by atoms with E-state index >= 15 is 0 Å². The quantitative estimate of drug-likeness (QED) is 0.714. The summed E-state index contributed by atoms with van der Waals surface area (Å²) < 4.78 is 19.0. The number of pyridine rings is 2. The molecule has 1 atom stereocenters. The highest BCUT2D eigenvalue weighted by Crippen LogP contribution is 2.45. The van der Waals surface area contributed by atoms with Gasteiger partial charge in [0.25, 0.3) is 0 Å². The van der Waals surface area contributed by atoms with Crippen LogP contribution in [0.3, 0.4) is 0 Å². The fraction of sp³-hybridized carbons (Fsp3) is 0.273. The van der Waals surface area contributed by atoms with Gasteiger partial charge in [-0.1, -0.05) is 24.3 Å². The molecule has 28 heavy (non-hydrogen) atoms. The molecule has 1 fully saturated rings. The third-order valence-corrected chi connectivity index (χ3v) is 5.36. The van der Waals surface area contributed by atoms with Crippen LogP contribution < -0.4 is 0 Å². The number of aromatic nitrogens is 2. The van der Waals surface area contributed by atoms with Crippen LogP contribution in [0.2, 0.25) is 0 Å². The summed E-state index contributed by atoms with van der Waals surface area (Å²) in [5.74, 6) is -0.313. The van der Waals surface area contributed by atoms with Gasteiger partial charge in [-0.2, -0.15) is 0 Å². The molecule has 3 aromatic rings. The molecule has 0 spiro atoms. The summed E-state index contributed by atoms with van der Waals surface area (Å²) in [7, 11) is 1.68. The van der Waals surface area contributed by atoms with Crippen LogP contribution in [-0.4, -0.2) is 46.3 Å². The minimum atomic E-state index is -1.42. The number of halogens is 1. The van der Waals surface area contributed by atoms with E-state index in [1.165, 1.54) is 12.1 Å². The third kappa shape index (κ3) is 3.30. The Morgan fingerprint density at radius 3 is 2.07 bits per heavy atom. The number of nitrogens with zero attached hydrogens (tertiary/aromatic N) is 3. The van der Waals surface area contributed by atoms with Crippen molar-refractivity contribution in [1.82, 2.24) is 14.9 Å². The summed E-state index contributed by atoms with van der Waals surface area (Å²) >= 11 is 0. The number of hydrogen-bond acceptors (Lipinski definition) is 5. The molecule has 6 heteroatoms. The molecule has 3 heterocycles. The summed E-state index contributed by atoms with van der Waals surface area (Å²) in [6.07, 6.45) is 6.78. The zero-order valence-electron chi connectivity index (χ0n) is 15.6. The predicted molar refractivity (Wildman–Crippen MR) is 103 cm³/mol. The lowest BCUT2D eigenvalue weighted by atomic mass is 9.76. The maximum Gasteiger partial charge on any atom is 0.137 e. The van der Waals surface area contributed by atoms with E-state index in [2.05, 4.69) is 14.9 Å². The first kappa shape index (κ1) is 18.7. The molecule has 1 aliphatic rings. The largest absolute Gasteiger partial charge is 0.379 e. The van der Waals surface area contributed by atoms with E-state index in [9.17, 15) is 9.50 Å². The lowest BCUT2D eigenvalue weighted by Gasteiger charge is -2.50. The Morgan fingerprint density at radius 1 is 1.04 bits per heavy atom. The number of benzene rings is 1. The minimum Gasteiger partial charge on any atom is -0.379 e. The lowest BCUT2D eigenvalue weighted by molar-refractivity contribution is -0.106. The Kier molecular flexibility index (Phi) is 5.17. The van der Waals surface area contributed by atoms with E-state index in [1.54, 1.807) is 56.2 Å². The molecule has 1 aromatic carbocycles. The van der Waals surface area contributed by atoms with Gasteiger partial charge < -0.3 is 9.84 Å². The number of rotatable bonds is 6. The Balaban J connectivity index is 1.87. The van der Waals surface area contributed by atoms with Gasteiger partial charge in [0.2, 0.25) is 0 Å². The number of likely N-dealkylation sites (tertiary alicyclic amines) is 1. The minimum absolute atomic E-state index is 0.106. The van der Waals surface area contributed by atoms with Gasteiger partial charge >= 0.3 is 0 Å². The average Bonchev–Trinajstić information content (AvgIpc) is 2.72. The summed E-state index contributed by atoms with van der Waals surface area (Å²) in [6, 6.07) is 13.1. The van der Waals surface area contributed by atoms with Gasteiger partial charge in [-0.3, -0.25) is 14.9 Å². The molecule has 144 valence electrons. The van der Waals surface area contributed by atoms with Gasteiger partial charge in [0.05, 0.1) is 12.1 Å². The number of methoxy groups -OCH3 is 1. The normalized spacial score (nSPS) is 16.5. The van der Waals surface area contributed by atoms with Crippen LogP contribution in [0, 0.1) is 5.82 Å². The molecule has 0 saturated carbocycles. The molecule has 4 rings (SSSR count). The van der Waals surface area contributed by atoms with E-state index < -0.39 is 11.6 Å². The van der Waals surface area contributed by atoms with Crippen molar-refractivity contribution < 1.29 is 14.2 Å². The van der Waals surface area contributed by atoms with Crippen LogP contribution in [-0.2, 0) is 10.3 Å². The maximum absolute atomic E-state index is 13.6. The van der Waals surface area contributed by atoms with Crippen LogP contribution in [0.5, 0.6) is 0 Å². The zero-order valence-corrected chi connectivity index (χ0v) is 15.6. The Bertz CT molecular complexity index is 861. The van der Waals surface area contributed by atoms with E-state index in [-0.39, 0.29) is 11.9 Å². The van der Waals surface area contributed by atoms with E-state index in [1.807, 2.05) is 12.1 Å². The zero-order chi connectivity index (χ0) is 19.6. The monoisotopic (exact) mass is 379 g/mol. The molecular formula is C22H22FN3O2. The van der Waals surface area contributed by atoms with Crippen LogP contribution in [0.15, 0.2) is 73.3 Å². The molecule has 5 nitrogen and oxygen atoms in total. The van der Waals surface area contributed by atoms with Crippen molar-refractivity contribution in [3.8, 4) is 0 Å². The molecule has 0 aliphatic carbocycles. The van der Waals surface area contributed by atoms with Crippen LogP contribution in [0.4, 0.5) is 4.39 Å². The molecule has 1 saturated heterocycles. The standard InChI is InChI=1S/C22H22FN3O2/c1-28-20-14-26(15-20)21(16-6-8-19(23)9-7-16)22(27,17-4-2-10-24-12-17)18-5-3-11-25-13-18/h2-13,20-21,27H,14-15H2,1H3. The highest BCUT2D eigenvalue weighted by atomic mass is 19.1. The van der Waals surface area contributed by atoms with Crippen LogP contribution in [0.25, 0.3) is 0 Å². The Labute approximate surface area is 163 Å². The average molecular weight is 379 g/mol. The first-order valence-electron chi connectivity index (χ1n) is 9.18. The highest BCUT2D eigenvalue weighted by molar-refractivity contribution is 5.40. The van der Waals surface area contributed by atoms with E-state index in [0.29, 0.717) is 24.2 Å². The third-order valence-electron chi connectivity index (χ3n) is 5.36. The fourth-order valence-electron chi connectivity index (χ4n) is 3.85. The molecule has 2 aromatic heterocycles.